The van der Waals surface area contributed by atoms with E-state index in [1.54, 1.807) is 90.3 Å². The summed E-state index contributed by atoms with van der Waals surface area (Å²) in [6.07, 6.45) is 3.55. The Hall–Kier alpha value is -6.71. The zero-order chi connectivity index (χ0) is 51.5. The molecule has 0 bridgehead atoms. The minimum atomic E-state index is -1.24. The van der Waals surface area contributed by atoms with Crippen molar-refractivity contribution in [1.82, 2.24) is 56.4 Å². The number of fused-ring (bicyclic) bond motifs is 3. The molecular weight excluding hydrogens is 954 g/mol. The van der Waals surface area contributed by atoms with Gasteiger partial charge in [-0.3, -0.25) is 19.0 Å². The van der Waals surface area contributed by atoms with E-state index in [2.05, 4.69) is 42.0 Å². The average molecular weight is 1020 g/mol. The Kier molecular flexibility index (Phi) is 18.1. The van der Waals surface area contributed by atoms with Crippen LogP contribution < -0.4 is 26.6 Å². The fraction of sp³-hybridized carbons (Fsp3) is 0.449. The number of benzene rings is 2. The van der Waals surface area contributed by atoms with Crippen molar-refractivity contribution in [3.63, 3.8) is 0 Å². The summed E-state index contributed by atoms with van der Waals surface area (Å²) in [7, 11) is 1.48. The van der Waals surface area contributed by atoms with E-state index in [0.29, 0.717) is 67.5 Å². The number of hydrogen-bond acceptors (Lipinski definition) is 13. The fourth-order valence-corrected chi connectivity index (χ4v) is 9.25. The number of halogens is 1. The summed E-state index contributed by atoms with van der Waals surface area (Å²) in [6, 6.07) is 10.8. The van der Waals surface area contributed by atoms with Gasteiger partial charge < -0.3 is 46.1 Å². The summed E-state index contributed by atoms with van der Waals surface area (Å²) in [5.74, 6) is -1.67. The third kappa shape index (κ3) is 15.1. The molecule has 1 aliphatic heterocycles. The maximum atomic E-state index is 15.0. The minimum absolute atomic E-state index is 0.0629. The van der Waals surface area contributed by atoms with Gasteiger partial charge in [-0.15, -0.1) is 0 Å². The number of nitrogens with one attached hydrogen (secondary N) is 6. The van der Waals surface area contributed by atoms with Crippen molar-refractivity contribution >= 4 is 70.3 Å². The fourth-order valence-electron chi connectivity index (χ4n) is 7.89. The summed E-state index contributed by atoms with van der Waals surface area (Å²) < 4.78 is 11.8. The van der Waals surface area contributed by atoms with Gasteiger partial charge in [0.15, 0.2) is 0 Å². The number of nitrogens with zero attached hydrogens (tertiary/aromatic N) is 5. The van der Waals surface area contributed by atoms with Gasteiger partial charge in [-0.05, 0) is 115 Å². The second-order valence-electron chi connectivity index (χ2n) is 19.1. The normalized spacial score (nSPS) is 17.3. The predicted molar refractivity (Wildman–Crippen MR) is 267 cm³/mol. The molecule has 1 aliphatic rings. The van der Waals surface area contributed by atoms with Crippen molar-refractivity contribution < 1.29 is 43.3 Å². The third-order valence-corrected chi connectivity index (χ3v) is 12.9. The van der Waals surface area contributed by atoms with Crippen LogP contribution in [0.5, 0.6) is 0 Å². The highest BCUT2D eigenvalue weighted by atomic mass is 35.5. The van der Waals surface area contributed by atoms with Crippen LogP contribution >= 0.6 is 23.4 Å². The standard InChI is InChI=1S/C49H62ClN11O9S/c1-48(2,3)69-45(65)52-19-11-10-16-36-44(64)60(7)39(24-32-28-61(47(67)68)38-18-9-8-15-33(32)38)42(63)55-26-31-22-30(37-27-56-59-58-37)23-34(50)40(31)71-43-29(14-12-20-51-43)25-54-35(41(62)57-36)17-13-21-53-46(66)70-49(4,5)6/h8-9,12,14-15,18,20,22-23,27-28,35-36,39,54H,10-11,13,16-17,19,21,24-26H2,1-7H3,(H,52,65)(H,53,66)(H,55,63)(H,57,62)(H,67,68)(H,56,58,59)/t35-,36-,39-/m0/s1. The molecule has 3 aromatic heterocycles. The summed E-state index contributed by atoms with van der Waals surface area (Å²) in [4.78, 5) is 88.5. The van der Waals surface area contributed by atoms with Gasteiger partial charge in [0, 0.05) is 67.9 Å². The lowest BCUT2D eigenvalue weighted by Crippen LogP contribution is -2.57. The molecular formula is C49H62ClN11O9S. The number of likely N-dealkylation sites (N-methyl/N-ethyl adjacent to an activating group) is 1. The quantitative estimate of drug-likeness (QED) is 0.0635. The van der Waals surface area contributed by atoms with Gasteiger partial charge >= 0.3 is 18.3 Å². The van der Waals surface area contributed by atoms with Crippen molar-refractivity contribution in [3.05, 3.63) is 88.8 Å². The minimum Gasteiger partial charge on any atom is -0.464 e. The van der Waals surface area contributed by atoms with E-state index in [-0.39, 0.29) is 45.4 Å². The Labute approximate surface area is 421 Å². The van der Waals surface area contributed by atoms with E-state index < -0.39 is 65.3 Å². The SMILES string of the molecule is CN1C(=O)[C@H](CCCCNC(=O)OC(C)(C)C)NC(=O)[C@H](CCCNC(=O)OC(C)(C)C)NCc2cccnc2Sc2c(Cl)cc(-c3cn[nH]n3)cc2CNC(=O)[C@@H]1Cc1cn(C(=O)O)c2ccccc12. The molecule has 2 aromatic carbocycles. The highest BCUT2D eigenvalue weighted by Crippen LogP contribution is 2.39. The lowest BCUT2D eigenvalue weighted by atomic mass is 10.0. The molecule has 5 amide bonds. The Morgan fingerprint density at radius 1 is 0.873 bits per heavy atom. The second-order valence-corrected chi connectivity index (χ2v) is 20.5. The topological polar surface area (TPSA) is 264 Å². The second kappa shape index (κ2) is 23.9. The monoisotopic (exact) mass is 1020 g/mol. The third-order valence-electron chi connectivity index (χ3n) is 11.3. The van der Waals surface area contributed by atoms with Crippen LogP contribution in [-0.2, 0) is 43.4 Å². The number of para-hydroxylation sites is 1. The van der Waals surface area contributed by atoms with Crippen molar-refractivity contribution in [2.45, 2.75) is 132 Å². The number of carbonyl (C=O) groups is 6. The van der Waals surface area contributed by atoms with Crippen LogP contribution in [0.4, 0.5) is 14.4 Å². The van der Waals surface area contributed by atoms with Crippen LogP contribution in [-0.4, -0.2) is 120 Å². The van der Waals surface area contributed by atoms with Crippen LogP contribution in [0.3, 0.4) is 0 Å². The van der Waals surface area contributed by atoms with E-state index in [9.17, 15) is 29.1 Å². The van der Waals surface area contributed by atoms with E-state index in [1.165, 1.54) is 29.9 Å². The summed E-state index contributed by atoms with van der Waals surface area (Å²) in [5.41, 5.74) is 1.92. The molecule has 380 valence electrons. The molecule has 0 saturated heterocycles. The van der Waals surface area contributed by atoms with Gasteiger partial charge in [-0.1, -0.05) is 47.6 Å². The van der Waals surface area contributed by atoms with Crippen LogP contribution in [0.1, 0.15) is 90.3 Å². The Balaban J connectivity index is 1.40. The highest BCUT2D eigenvalue weighted by Gasteiger charge is 2.35. The molecule has 3 atom stereocenters. The molecule has 0 radical (unpaired) electrons. The number of aromatic amines is 1. The maximum Gasteiger partial charge on any atom is 0.416 e. The van der Waals surface area contributed by atoms with Gasteiger partial charge in [-0.2, -0.15) is 15.4 Å². The van der Waals surface area contributed by atoms with Gasteiger partial charge in [-0.25, -0.2) is 19.4 Å². The van der Waals surface area contributed by atoms with Crippen LogP contribution in [0, 0.1) is 0 Å². The van der Waals surface area contributed by atoms with Gasteiger partial charge in [0.1, 0.15) is 34.0 Å². The molecule has 71 heavy (non-hydrogen) atoms. The Morgan fingerprint density at radius 2 is 1.56 bits per heavy atom. The van der Waals surface area contributed by atoms with Gasteiger partial charge in [0.05, 0.1) is 22.8 Å². The molecule has 0 unspecified atom stereocenters. The number of carbonyl (C=O) groups excluding carboxylic acids is 5. The average Bonchev–Trinajstić information content (AvgIpc) is 3.98. The highest BCUT2D eigenvalue weighted by molar-refractivity contribution is 7.99. The lowest BCUT2D eigenvalue weighted by Gasteiger charge is -2.32. The first-order valence-corrected chi connectivity index (χ1v) is 24.5. The number of ether oxygens (including phenoxy) is 2. The number of alkyl carbamates (subject to hydrolysis) is 2. The number of hydrogen-bond donors (Lipinski definition) is 7. The van der Waals surface area contributed by atoms with Crippen LogP contribution in [0.25, 0.3) is 22.2 Å². The number of pyridine rings is 1. The molecule has 0 fully saturated rings. The number of amides is 5. The van der Waals surface area contributed by atoms with Crippen LogP contribution in [0.2, 0.25) is 5.02 Å². The predicted octanol–water partition coefficient (Wildman–Crippen LogP) is 6.79. The maximum absolute atomic E-state index is 15.0. The first kappa shape index (κ1) is 53.6. The molecule has 4 heterocycles. The number of carboxylic acid groups (broad SMARTS) is 1. The molecule has 0 saturated carbocycles. The number of aromatic nitrogens is 5. The van der Waals surface area contributed by atoms with Crippen molar-refractivity contribution in [2.75, 3.05) is 20.1 Å². The van der Waals surface area contributed by atoms with E-state index in [4.69, 9.17) is 26.1 Å². The summed E-state index contributed by atoms with van der Waals surface area (Å²) >= 11 is 8.36. The first-order valence-electron chi connectivity index (χ1n) is 23.3. The zero-order valence-corrected chi connectivity index (χ0v) is 42.5. The molecule has 0 spiro atoms. The molecule has 0 aliphatic carbocycles. The zero-order valence-electron chi connectivity index (χ0n) is 40.9. The lowest BCUT2D eigenvalue weighted by molar-refractivity contribution is -0.142. The Bertz CT molecular complexity index is 2700. The summed E-state index contributed by atoms with van der Waals surface area (Å²) in [6.45, 7) is 11.1. The molecule has 22 heteroatoms. The van der Waals surface area contributed by atoms with Gasteiger partial charge in [0.25, 0.3) is 0 Å². The van der Waals surface area contributed by atoms with Crippen molar-refractivity contribution in [3.8, 4) is 11.3 Å². The smallest absolute Gasteiger partial charge is 0.416 e. The molecule has 7 N–H and O–H groups in total. The van der Waals surface area contributed by atoms with E-state index in [1.807, 2.05) is 12.1 Å². The summed E-state index contributed by atoms with van der Waals surface area (Å²) in [5, 5.41) is 37.3. The number of H-pyrrole nitrogens is 1. The number of unbranched alkanes of at least 4 members (excludes halogenated alkanes) is 1. The number of rotatable bonds is 12. The molecule has 20 nitrogen and oxygen atoms in total. The largest absolute Gasteiger partial charge is 0.464 e. The van der Waals surface area contributed by atoms with Gasteiger partial charge in [0.2, 0.25) is 17.7 Å². The molecule has 5 aromatic rings. The van der Waals surface area contributed by atoms with Crippen molar-refractivity contribution in [2.24, 2.45) is 0 Å². The van der Waals surface area contributed by atoms with Crippen LogP contribution in [0.15, 0.2) is 77.0 Å². The van der Waals surface area contributed by atoms with E-state index >= 15 is 4.79 Å². The first-order chi connectivity index (χ1) is 33.7. The van der Waals surface area contributed by atoms with E-state index in [0.717, 1.165) is 10.1 Å². The Morgan fingerprint density at radius 3 is 2.24 bits per heavy atom. The molecule has 6 rings (SSSR count). The van der Waals surface area contributed by atoms with Crippen molar-refractivity contribution in [1.29, 1.82) is 0 Å².